The van der Waals surface area contributed by atoms with E-state index in [4.69, 9.17) is 4.98 Å². The Morgan fingerprint density at radius 2 is 1.90 bits per heavy atom. The van der Waals surface area contributed by atoms with Crippen LogP contribution in [0.1, 0.15) is 51.0 Å². The van der Waals surface area contributed by atoms with Crippen molar-refractivity contribution in [1.82, 2.24) is 9.97 Å². The Morgan fingerprint density at radius 1 is 1.20 bits per heavy atom. The highest BCUT2D eigenvalue weighted by Crippen LogP contribution is 2.46. The van der Waals surface area contributed by atoms with Crippen LogP contribution in [-0.2, 0) is 0 Å². The Morgan fingerprint density at radius 3 is 2.55 bits per heavy atom. The van der Waals surface area contributed by atoms with E-state index in [-0.39, 0.29) is 0 Å². The summed E-state index contributed by atoms with van der Waals surface area (Å²) in [6.07, 6.45) is 10.4. The van der Waals surface area contributed by atoms with Gasteiger partial charge in [-0.25, -0.2) is 4.98 Å². The number of rotatable bonds is 3. The topological polar surface area (TPSA) is 41.1 Å². The molecule has 1 saturated carbocycles. The monoisotopic (exact) mass is 274 g/mol. The van der Waals surface area contributed by atoms with E-state index in [1.807, 2.05) is 6.20 Å². The average Bonchev–Trinajstić information content (AvgIpc) is 2.91. The molecule has 20 heavy (non-hydrogen) atoms. The minimum atomic E-state index is 0.669. The Bertz CT molecular complexity index is 456. The number of nitrogens with one attached hydrogen (secondary N) is 1. The van der Waals surface area contributed by atoms with Gasteiger partial charge in [0.1, 0.15) is 5.82 Å². The second-order valence-corrected chi connectivity index (χ2v) is 6.42. The fourth-order valence-corrected chi connectivity index (χ4v) is 3.81. The van der Waals surface area contributed by atoms with E-state index in [9.17, 15) is 0 Å². The quantitative estimate of drug-likeness (QED) is 0.917. The molecule has 1 N–H and O–H groups in total. The van der Waals surface area contributed by atoms with Crippen LogP contribution in [0.2, 0.25) is 0 Å². The van der Waals surface area contributed by atoms with E-state index < -0.39 is 0 Å². The SMILES string of the molecule is CCNc1ncc(C)c(N2CCC3(CCCC3)CC2)n1. The Balaban J connectivity index is 1.72. The standard InChI is InChI=1S/C16H26N4/c1-3-17-15-18-12-13(2)14(19-15)20-10-8-16(9-11-20)6-4-5-7-16/h12H,3-11H2,1-2H3,(H,17,18,19). The lowest BCUT2D eigenvalue weighted by molar-refractivity contribution is 0.226. The highest BCUT2D eigenvalue weighted by Gasteiger charge is 2.37. The maximum atomic E-state index is 4.70. The maximum Gasteiger partial charge on any atom is 0.224 e. The van der Waals surface area contributed by atoms with Crippen molar-refractivity contribution < 1.29 is 0 Å². The highest BCUT2D eigenvalue weighted by atomic mass is 15.2. The van der Waals surface area contributed by atoms with Crippen molar-refractivity contribution in [1.29, 1.82) is 0 Å². The van der Waals surface area contributed by atoms with Crippen LogP contribution in [-0.4, -0.2) is 29.6 Å². The van der Waals surface area contributed by atoms with Gasteiger partial charge in [0, 0.05) is 31.4 Å². The van der Waals surface area contributed by atoms with E-state index in [0.29, 0.717) is 5.41 Å². The average molecular weight is 274 g/mol. The lowest BCUT2D eigenvalue weighted by Crippen LogP contribution is -2.39. The van der Waals surface area contributed by atoms with Crippen LogP contribution >= 0.6 is 0 Å². The molecule has 2 heterocycles. The molecule has 1 saturated heterocycles. The van der Waals surface area contributed by atoms with E-state index in [1.165, 1.54) is 44.1 Å². The molecule has 0 bridgehead atoms. The van der Waals surface area contributed by atoms with E-state index in [0.717, 1.165) is 31.4 Å². The molecule has 0 amide bonds. The zero-order chi connectivity index (χ0) is 14.0. The molecule has 1 spiro atoms. The van der Waals surface area contributed by atoms with Gasteiger partial charge in [0.2, 0.25) is 5.95 Å². The summed E-state index contributed by atoms with van der Waals surface area (Å²) in [6, 6.07) is 0. The summed E-state index contributed by atoms with van der Waals surface area (Å²) < 4.78 is 0. The van der Waals surface area contributed by atoms with Gasteiger partial charge >= 0.3 is 0 Å². The molecule has 2 fully saturated rings. The molecule has 0 aromatic carbocycles. The fraction of sp³-hybridized carbons (Fsp3) is 0.750. The summed E-state index contributed by atoms with van der Waals surface area (Å²) in [6.45, 7) is 7.37. The molecule has 1 aromatic heterocycles. The smallest absolute Gasteiger partial charge is 0.224 e. The van der Waals surface area contributed by atoms with Crippen molar-refractivity contribution in [3.63, 3.8) is 0 Å². The summed E-state index contributed by atoms with van der Waals surface area (Å²) in [5.41, 5.74) is 1.86. The molecule has 0 radical (unpaired) electrons. The van der Waals surface area contributed by atoms with Gasteiger partial charge in [0.25, 0.3) is 0 Å². The normalized spacial score (nSPS) is 21.4. The Kier molecular flexibility index (Phi) is 3.81. The number of aryl methyl sites for hydroxylation is 1. The number of anilines is 2. The number of aromatic nitrogens is 2. The highest BCUT2D eigenvalue weighted by molar-refractivity contribution is 5.49. The first kappa shape index (κ1) is 13.7. The third-order valence-corrected chi connectivity index (χ3v) is 5.07. The molecule has 1 aliphatic heterocycles. The number of piperidine rings is 1. The molecule has 4 heteroatoms. The zero-order valence-electron chi connectivity index (χ0n) is 12.8. The van der Waals surface area contributed by atoms with Gasteiger partial charge in [-0.3, -0.25) is 0 Å². The molecule has 110 valence electrons. The fourth-order valence-electron chi connectivity index (χ4n) is 3.81. The minimum absolute atomic E-state index is 0.669. The number of nitrogens with zero attached hydrogens (tertiary/aromatic N) is 3. The van der Waals surface area contributed by atoms with Gasteiger partial charge < -0.3 is 10.2 Å². The predicted octanol–water partition coefficient (Wildman–Crippen LogP) is 3.38. The molecule has 1 aliphatic carbocycles. The van der Waals surface area contributed by atoms with E-state index in [2.05, 4.69) is 29.0 Å². The van der Waals surface area contributed by atoms with Crippen LogP contribution in [0.25, 0.3) is 0 Å². The van der Waals surface area contributed by atoms with E-state index in [1.54, 1.807) is 0 Å². The van der Waals surface area contributed by atoms with Crippen LogP contribution in [0.3, 0.4) is 0 Å². The van der Waals surface area contributed by atoms with Crippen LogP contribution in [0.4, 0.5) is 11.8 Å². The van der Waals surface area contributed by atoms with Gasteiger partial charge in [-0.2, -0.15) is 4.98 Å². The number of hydrogen-bond acceptors (Lipinski definition) is 4. The van der Waals surface area contributed by atoms with Crippen molar-refractivity contribution in [3.05, 3.63) is 11.8 Å². The molecule has 1 aromatic rings. The van der Waals surface area contributed by atoms with Gasteiger partial charge in [0.05, 0.1) is 0 Å². The third kappa shape index (κ3) is 2.60. The minimum Gasteiger partial charge on any atom is -0.356 e. The van der Waals surface area contributed by atoms with Crippen molar-refractivity contribution in [2.24, 2.45) is 5.41 Å². The third-order valence-electron chi connectivity index (χ3n) is 5.07. The summed E-state index contributed by atoms with van der Waals surface area (Å²) in [7, 11) is 0. The summed E-state index contributed by atoms with van der Waals surface area (Å²) >= 11 is 0. The summed E-state index contributed by atoms with van der Waals surface area (Å²) in [5, 5.41) is 3.21. The van der Waals surface area contributed by atoms with Crippen LogP contribution < -0.4 is 10.2 Å². The Labute approximate surface area is 122 Å². The predicted molar refractivity (Wildman–Crippen MR) is 83.3 cm³/mol. The summed E-state index contributed by atoms with van der Waals surface area (Å²) in [5.74, 6) is 1.89. The molecular weight excluding hydrogens is 248 g/mol. The van der Waals surface area contributed by atoms with E-state index >= 15 is 0 Å². The molecule has 2 aliphatic rings. The lowest BCUT2D eigenvalue weighted by atomic mass is 9.77. The lowest BCUT2D eigenvalue weighted by Gasteiger charge is -2.40. The first-order chi connectivity index (χ1) is 9.72. The number of hydrogen-bond donors (Lipinski definition) is 1. The maximum absolute atomic E-state index is 4.70. The van der Waals surface area contributed by atoms with Gasteiger partial charge in [0.15, 0.2) is 0 Å². The van der Waals surface area contributed by atoms with Crippen molar-refractivity contribution in [3.8, 4) is 0 Å². The summed E-state index contributed by atoms with van der Waals surface area (Å²) in [4.78, 5) is 11.5. The largest absolute Gasteiger partial charge is 0.356 e. The second-order valence-electron chi connectivity index (χ2n) is 6.42. The van der Waals surface area contributed by atoms with Gasteiger partial charge in [-0.15, -0.1) is 0 Å². The van der Waals surface area contributed by atoms with Crippen LogP contribution in [0.5, 0.6) is 0 Å². The van der Waals surface area contributed by atoms with Crippen molar-refractivity contribution >= 4 is 11.8 Å². The molecule has 0 unspecified atom stereocenters. The first-order valence-corrected chi connectivity index (χ1v) is 8.05. The van der Waals surface area contributed by atoms with Crippen molar-refractivity contribution in [2.45, 2.75) is 52.4 Å². The zero-order valence-corrected chi connectivity index (χ0v) is 12.8. The second kappa shape index (κ2) is 5.58. The van der Waals surface area contributed by atoms with Gasteiger partial charge in [-0.1, -0.05) is 12.8 Å². The first-order valence-electron chi connectivity index (χ1n) is 8.05. The van der Waals surface area contributed by atoms with Crippen LogP contribution in [0, 0.1) is 12.3 Å². The molecule has 3 rings (SSSR count). The van der Waals surface area contributed by atoms with Gasteiger partial charge in [-0.05, 0) is 44.9 Å². The van der Waals surface area contributed by atoms with Crippen molar-refractivity contribution in [2.75, 3.05) is 29.9 Å². The molecule has 4 nitrogen and oxygen atoms in total. The van der Waals surface area contributed by atoms with Crippen LogP contribution in [0.15, 0.2) is 6.20 Å². The molecular formula is C16H26N4. The molecule has 0 atom stereocenters. The Hall–Kier alpha value is -1.32.